The molecule has 1 aliphatic heterocycles. The first kappa shape index (κ1) is 16.3. The fourth-order valence-corrected chi connectivity index (χ4v) is 4.55. The van der Waals surface area contributed by atoms with Crippen LogP contribution < -0.4 is 5.32 Å². The number of halogens is 2. The minimum atomic E-state index is -0.159. The van der Waals surface area contributed by atoms with Gasteiger partial charge in [-0.05, 0) is 65.5 Å². The van der Waals surface area contributed by atoms with Crippen LogP contribution in [0, 0.1) is 5.82 Å². The van der Waals surface area contributed by atoms with E-state index in [1.54, 1.807) is 6.07 Å². The molecule has 112 valence electrons. The predicted molar refractivity (Wildman–Crippen MR) is 90.0 cm³/mol. The van der Waals surface area contributed by atoms with Gasteiger partial charge in [-0.25, -0.2) is 4.39 Å². The summed E-state index contributed by atoms with van der Waals surface area (Å²) in [7, 11) is 0. The number of thioether (sulfide) groups is 1. The molecule has 1 fully saturated rings. The zero-order valence-corrected chi connectivity index (χ0v) is 14.4. The molecular formula is C16H23BrFNS. The lowest BCUT2D eigenvalue weighted by atomic mass is 9.99. The summed E-state index contributed by atoms with van der Waals surface area (Å²) in [5, 5.41) is 4.33. The van der Waals surface area contributed by atoms with Gasteiger partial charge in [0.15, 0.2) is 0 Å². The fourth-order valence-electron chi connectivity index (χ4n) is 2.69. The van der Waals surface area contributed by atoms with Crippen molar-refractivity contribution < 1.29 is 4.39 Å². The first-order valence-electron chi connectivity index (χ1n) is 7.50. The summed E-state index contributed by atoms with van der Waals surface area (Å²) in [6.45, 7) is 3.23. The van der Waals surface area contributed by atoms with Gasteiger partial charge in [0.1, 0.15) is 5.82 Å². The molecular weight excluding hydrogens is 337 g/mol. The Morgan fingerprint density at radius 2 is 2.30 bits per heavy atom. The van der Waals surface area contributed by atoms with E-state index in [2.05, 4.69) is 39.9 Å². The number of nitrogens with one attached hydrogen (secondary N) is 1. The molecule has 0 saturated carbocycles. The van der Waals surface area contributed by atoms with E-state index in [1.165, 1.54) is 31.1 Å². The molecule has 1 aromatic rings. The predicted octanol–water partition coefficient (Wildman–Crippen LogP) is 4.78. The summed E-state index contributed by atoms with van der Waals surface area (Å²) < 4.78 is 14.3. The van der Waals surface area contributed by atoms with Crippen molar-refractivity contribution in [1.29, 1.82) is 0 Å². The Labute approximate surface area is 134 Å². The quantitative estimate of drug-likeness (QED) is 0.783. The molecule has 2 rings (SSSR count). The minimum Gasteiger partial charge on any atom is -0.313 e. The summed E-state index contributed by atoms with van der Waals surface area (Å²) >= 11 is 5.47. The SMILES string of the molecule is CCCNC(Cc1cccc(F)c1Br)C1CCCCS1. The molecule has 2 unspecified atom stereocenters. The Bertz CT molecular complexity index is 421. The number of hydrogen-bond donors (Lipinski definition) is 1. The van der Waals surface area contributed by atoms with Gasteiger partial charge in [0.25, 0.3) is 0 Å². The second-order valence-electron chi connectivity index (χ2n) is 5.38. The van der Waals surface area contributed by atoms with Crippen LogP contribution >= 0.6 is 27.7 Å². The highest BCUT2D eigenvalue weighted by Gasteiger charge is 2.24. The van der Waals surface area contributed by atoms with E-state index in [4.69, 9.17) is 0 Å². The maximum Gasteiger partial charge on any atom is 0.137 e. The molecule has 1 nitrogen and oxygen atoms in total. The van der Waals surface area contributed by atoms with E-state index in [-0.39, 0.29) is 5.82 Å². The molecule has 0 radical (unpaired) electrons. The Kier molecular flexibility index (Phi) is 6.85. The third kappa shape index (κ3) is 4.47. The van der Waals surface area contributed by atoms with Crippen LogP contribution in [0.5, 0.6) is 0 Å². The van der Waals surface area contributed by atoms with Crippen molar-refractivity contribution in [3.8, 4) is 0 Å². The maximum atomic E-state index is 13.7. The normalized spacial score (nSPS) is 20.9. The Hall–Kier alpha value is -0.0600. The zero-order valence-electron chi connectivity index (χ0n) is 12.0. The smallest absolute Gasteiger partial charge is 0.137 e. The van der Waals surface area contributed by atoms with Crippen molar-refractivity contribution in [3.63, 3.8) is 0 Å². The molecule has 1 aromatic carbocycles. The molecule has 0 aliphatic carbocycles. The summed E-state index contributed by atoms with van der Waals surface area (Å²) in [5.74, 6) is 1.10. The second kappa shape index (κ2) is 8.40. The molecule has 1 aliphatic rings. The molecule has 2 atom stereocenters. The standard InChI is InChI=1S/C16H23BrFNS/c1-2-9-19-14(15-8-3-4-10-20-15)11-12-6-5-7-13(18)16(12)17/h5-7,14-15,19H,2-4,8-11H2,1H3. The zero-order chi connectivity index (χ0) is 14.4. The van der Waals surface area contributed by atoms with Crippen LogP contribution in [0.4, 0.5) is 4.39 Å². The molecule has 0 bridgehead atoms. The third-order valence-electron chi connectivity index (χ3n) is 3.79. The van der Waals surface area contributed by atoms with Gasteiger partial charge in [0.2, 0.25) is 0 Å². The lowest BCUT2D eigenvalue weighted by molar-refractivity contribution is 0.460. The number of benzene rings is 1. The minimum absolute atomic E-state index is 0.159. The molecule has 0 spiro atoms. The average Bonchev–Trinajstić information content (AvgIpc) is 2.48. The van der Waals surface area contributed by atoms with Crippen molar-refractivity contribution in [2.45, 2.75) is 50.3 Å². The van der Waals surface area contributed by atoms with Gasteiger partial charge in [-0.2, -0.15) is 11.8 Å². The van der Waals surface area contributed by atoms with Gasteiger partial charge < -0.3 is 5.32 Å². The highest BCUT2D eigenvalue weighted by Crippen LogP contribution is 2.30. The van der Waals surface area contributed by atoms with E-state index < -0.39 is 0 Å². The van der Waals surface area contributed by atoms with E-state index >= 15 is 0 Å². The van der Waals surface area contributed by atoms with Crippen molar-refractivity contribution in [3.05, 3.63) is 34.1 Å². The largest absolute Gasteiger partial charge is 0.313 e. The molecule has 4 heteroatoms. The van der Waals surface area contributed by atoms with Gasteiger partial charge >= 0.3 is 0 Å². The Morgan fingerprint density at radius 1 is 1.45 bits per heavy atom. The van der Waals surface area contributed by atoms with Crippen LogP contribution in [0.1, 0.15) is 38.2 Å². The molecule has 0 amide bonds. The van der Waals surface area contributed by atoms with E-state index in [0.29, 0.717) is 15.8 Å². The highest BCUT2D eigenvalue weighted by atomic mass is 79.9. The first-order valence-corrected chi connectivity index (χ1v) is 9.34. The third-order valence-corrected chi connectivity index (χ3v) is 6.20. The molecule has 1 N–H and O–H groups in total. The number of hydrogen-bond acceptors (Lipinski definition) is 2. The summed E-state index contributed by atoms with van der Waals surface area (Å²) in [4.78, 5) is 0. The lowest BCUT2D eigenvalue weighted by Gasteiger charge is -2.31. The molecule has 20 heavy (non-hydrogen) atoms. The van der Waals surface area contributed by atoms with Crippen LogP contribution in [0.3, 0.4) is 0 Å². The lowest BCUT2D eigenvalue weighted by Crippen LogP contribution is -2.41. The summed E-state index contributed by atoms with van der Waals surface area (Å²) in [6, 6.07) is 5.79. The molecule has 1 heterocycles. The van der Waals surface area contributed by atoms with Gasteiger partial charge in [-0.1, -0.05) is 25.5 Å². The van der Waals surface area contributed by atoms with Crippen LogP contribution in [0.15, 0.2) is 22.7 Å². The number of rotatable bonds is 6. The average molecular weight is 360 g/mol. The van der Waals surface area contributed by atoms with Crippen LogP contribution in [0.25, 0.3) is 0 Å². The van der Waals surface area contributed by atoms with Crippen LogP contribution in [-0.4, -0.2) is 23.6 Å². The van der Waals surface area contributed by atoms with Gasteiger partial charge in [0.05, 0.1) is 4.47 Å². The van der Waals surface area contributed by atoms with E-state index in [1.807, 2.05) is 6.07 Å². The monoisotopic (exact) mass is 359 g/mol. The van der Waals surface area contributed by atoms with E-state index in [0.717, 1.165) is 24.9 Å². The topological polar surface area (TPSA) is 12.0 Å². The molecule has 1 saturated heterocycles. The Morgan fingerprint density at radius 3 is 3.00 bits per heavy atom. The summed E-state index contributed by atoms with van der Waals surface area (Å²) in [5.41, 5.74) is 1.07. The highest BCUT2D eigenvalue weighted by molar-refractivity contribution is 9.10. The van der Waals surface area contributed by atoms with Crippen molar-refractivity contribution in [1.82, 2.24) is 5.32 Å². The van der Waals surface area contributed by atoms with E-state index in [9.17, 15) is 4.39 Å². The maximum absolute atomic E-state index is 13.7. The van der Waals surface area contributed by atoms with Crippen molar-refractivity contribution >= 4 is 27.7 Å². The summed E-state index contributed by atoms with van der Waals surface area (Å²) in [6.07, 6.45) is 5.98. The van der Waals surface area contributed by atoms with Gasteiger partial charge in [0, 0.05) is 11.3 Å². The van der Waals surface area contributed by atoms with Crippen molar-refractivity contribution in [2.24, 2.45) is 0 Å². The Balaban J connectivity index is 2.07. The van der Waals surface area contributed by atoms with Crippen molar-refractivity contribution in [2.75, 3.05) is 12.3 Å². The first-order chi connectivity index (χ1) is 9.72. The van der Waals surface area contributed by atoms with Gasteiger partial charge in [-0.15, -0.1) is 0 Å². The van der Waals surface area contributed by atoms with Crippen LogP contribution in [-0.2, 0) is 6.42 Å². The van der Waals surface area contributed by atoms with Gasteiger partial charge in [-0.3, -0.25) is 0 Å². The second-order valence-corrected chi connectivity index (χ2v) is 7.52. The fraction of sp³-hybridized carbons (Fsp3) is 0.625. The van der Waals surface area contributed by atoms with Crippen LogP contribution in [0.2, 0.25) is 0 Å². The molecule has 0 aromatic heterocycles.